The van der Waals surface area contributed by atoms with E-state index in [1.54, 1.807) is 0 Å². The molecule has 1 aromatic carbocycles. The van der Waals surface area contributed by atoms with Gasteiger partial charge < -0.3 is 20.3 Å². The first kappa shape index (κ1) is 24.5. The number of hydrogen-bond acceptors (Lipinski definition) is 3. The lowest BCUT2D eigenvalue weighted by Crippen LogP contribution is -2.40. The maximum atomic E-state index is 5.60. The van der Waals surface area contributed by atoms with Crippen molar-refractivity contribution in [2.24, 2.45) is 16.8 Å². The van der Waals surface area contributed by atoms with E-state index in [1.165, 1.54) is 12.1 Å². The zero-order chi connectivity index (χ0) is 18.8. The van der Waals surface area contributed by atoms with E-state index in [9.17, 15) is 0 Å². The van der Waals surface area contributed by atoms with Gasteiger partial charge in [-0.3, -0.25) is 4.99 Å². The fraction of sp³-hybridized carbons (Fsp3) is 0.650. The second kappa shape index (κ2) is 13.6. The quantitative estimate of drug-likeness (QED) is 0.209. The van der Waals surface area contributed by atoms with E-state index in [2.05, 4.69) is 74.6 Å². The molecule has 7 heteroatoms. The molecular formula is C20H34BrIN4O. The standard InChI is InChI=1S/C20H33BrN4O.HI/c1-16(2)15-26-12-4-10-23-20(22-3)24-13-17-9-11-25(14-17)19-7-5-18(21)6-8-19;/h5-8,16-17H,4,9-15H2,1-3H3,(H2,22,23,24);1H. The molecule has 0 aliphatic carbocycles. The number of rotatable bonds is 9. The number of nitrogens with zero attached hydrogens (tertiary/aromatic N) is 2. The molecule has 1 unspecified atom stereocenters. The van der Waals surface area contributed by atoms with Crippen LogP contribution >= 0.6 is 39.9 Å². The molecule has 0 bridgehead atoms. The molecule has 1 aliphatic heterocycles. The van der Waals surface area contributed by atoms with Gasteiger partial charge in [0.05, 0.1) is 0 Å². The number of nitrogens with one attached hydrogen (secondary N) is 2. The number of hydrogen-bond donors (Lipinski definition) is 2. The number of anilines is 1. The lowest BCUT2D eigenvalue weighted by atomic mass is 10.1. The normalized spacial score (nSPS) is 17.1. The summed E-state index contributed by atoms with van der Waals surface area (Å²) in [5.41, 5.74) is 1.31. The highest BCUT2D eigenvalue weighted by atomic mass is 127. The summed E-state index contributed by atoms with van der Waals surface area (Å²) in [6.45, 7) is 10.0. The van der Waals surface area contributed by atoms with Crippen molar-refractivity contribution in [3.05, 3.63) is 28.7 Å². The van der Waals surface area contributed by atoms with Crippen LogP contribution in [-0.2, 0) is 4.74 Å². The fourth-order valence-corrected chi connectivity index (χ4v) is 3.31. The Balaban J connectivity index is 0.00000364. The first-order valence-electron chi connectivity index (χ1n) is 9.61. The minimum atomic E-state index is 0. The van der Waals surface area contributed by atoms with Crippen LogP contribution in [0.3, 0.4) is 0 Å². The number of aliphatic imine (C=N–C) groups is 1. The van der Waals surface area contributed by atoms with Crippen molar-refractivity contribution in [2.75, 3.05) is 51.3 Å². The Bertz CT molecular complexity index is 553. The SMILES string of the molecule is CN=C(NCCCOCC(C)C)NCC1CCN(c2ccc(Br)cc2)C1.I. The van der Waals surface area contributed by atoms with E-state index >= 15 is 0 Å². The third-order valence-corrected chi connectivity index (χ3v) is 5.00. The topological polar surface area (TPSA) is 48.9 Å². The Morgan fingerprint density at radius 1 is 1.30 bits per heavy atom. The average molecular weight is 553 g/mol. The molecule has 1 aliphatic rings. The Morgan fingerprint density at radius 3 is 2.70 bits per heavy atom. The van der Waals surface area contributed by atoms with E-state index in [-0.39, 0.29) is 24.0 Å². The van der Waals surface area contributed by atoms with E-state index in [0.717, 1.165) is 56.2 Å². The van der Waals surface area contributed by atoms with Crippen LogP contribution in [0.15, 0.2) is 33.7 Å². The highest BCUT2D eigenvalue weighted by Gasteiger charge is 2.22. The van der Waals surface area contributed by atoms with Crippen LogP contribution in [0, 0.1) is 11.8 Å². The van der Waals surface area contributed by atoms with E-state index in [4.69, 9.17) is 4.74 Å². The molecule has 27 heavy (non-hydrogen) atoms. The molecule has 1 heterocycles. The van der Waals surface area contributed by atoms with Crippen LogP contribution < -0.4 is 15.5 Å². The Kier molecular flexibility index (Phi) is 12.3. The molecule has 0 saturated carbocycles. The summed E-state index contributed by atoms with van der Waals surface area (Å²) in [5.74, 6) is 2.13. The first-order valence-corrected chi connectivity index (χ1v) is 10.4. The van der Waals surface area contributed by atoms with Gasteiger partial charge in [-0.25, -0.2) is 0 Å². The van der Waals surface area contributed by atoms with Crippen molar-refractivity contribution in [1.29, 1.82) is 0 Å². The predicted molar refractivity (Wildman–Crippen MR) is 130 cm³/mol. The molecule has 1 atom stereocenters. The van der Waals surface area contributed by atoms with Gasteiger partial charge in [-0.1, -0.05) is 29.8 Å². The second-order valence-electron chi connectivity index (χ2n) is 7.28. The average Bonchev–Trinajstić information content (AvgIpc) is 3.10. The summed E-state index contributed by atoms with van der Waals surface area (Å²) in [6, 6.07) is 8.58. The van der Waals surface area contributed by atoms with Crippen LogP contribution in [0.25, 0.3) is 0 Å². The maximum Gasteiger partial charge on any atom is 0.190 e. The first-order chi connectivity index (χ1) is 12.6. The lowest BCUT2D eigenvalue weighted by Gasteiger charge is -2.19. The van der Waals surface area contributed by atoms with Crippen molar-refractivity contribution in [3.63, 3.8) is 0 Å². The second-order valence-corrected chi connectivity index (χ2v) is 8.20. The minimum absolute atomic E-state index is 0. The molecule has 2 N–H and O–H groups in total. The Morgan fingerprint density at radius 2 is 2.04 bits per heavy atom. The molecular weight excluding hydrogens is 519 g/mol. The van der Waals surface area contributed by atoms with Crippen molar-refractivity contribution in [1.82, 2.24) is 10.6 Å². The smallest absolute Gasteiger partial charge is 0.190 e. The van der Waals surface area contributed by atoms with Gasteiger partial charge in [-0.2, -0.15) is 0 Å². The van der Waals surface area contributed by atoms with Crippen molar-refractivity contribution < 1.29 is 4.74 Å². The van der Waals surface area contributed by atoms with Crippen molar-refractivity contribution >= 4 is 51.6 Å². The van der Waals surface area contributed by atoms with Gasteiger partial charge in [0, 0.05) is 56.6 Å². The molecule has 0 aromatic heterocycles. The number of guanidine groups is 1. The molecule has 154 valence electrons. The summed E-state index contributed by atoms with van der Waals surface area (Å²) in [5, 5.41) is 6.84. The third kappa shape index (κ3) is 9.47. The van der Waals surface area contributed by atoms with Gasteiger partial charge in [0.25, 0.3) is 0 Å². The van der Waals surface area contributed by atoms with E-state index in [0.29, 0.717) is 11.8 Å². The summed E-state index contributed by atoms with van der Waals surface area (Å²) in [7, 11) is 1.83. The van der Waals surface area contributed by atoms with E-state index in [1.807, 2.05) is 7.05 Å². The van der Waals surface area contributed by atoms with Gasteiger partial charge >= 0.3 is 0 Å². The van der Waals surface area contributed by atoms with Crippen molar-refractivity contribution in [3.8, 4) is 0 Å². The Hall–Kier alpha value is -0.540. The summed E-state index contributed by atoms with van der Waals surface area (Å²) >= 11 is 3.50. The molecule has 2 rings (SSSR count). The number of ether oxygens (including phenoxy) is 1. The monoisotopic (exact) mass is 552 g/mol. The molecule has 1 fully saturated rings. The highest BCUT2D eigenvalue weighted by Crippen LogP contribution is 2.24. The zero-order valence-electron chi connectivity index (χ0n) is 16.7. The van der Waals surface area contributed by atoms with Crippen LogP contribution in [0.5, 0.6) is 0 Å². The lowest BCUT2D eigenvalue weighted by molar-refractivity contribution is 0.108. The molecule has 0 amide bonds. The molecule has 1 aromatic rings. The van der Waals surface area contributed by atoms with Crippen LogP contribution in [-0.4, -0.2) is 52.4 Å². The highest BCUT2D eigenvalue weighted by molar-refractivity contribution is 14.0. The van der Waals surface area contributed by atoms with Gasteiger partial charge in [0.1, 0.15) is 0 Å². The van der Waals surface area contributed by atoms with E-state index < -0.39 is 0 Å². The van der Waals surface area contributed by atoms with Crippen molar-refractivity contribution in [2.45, 2.75) is 26.7 Å². The summed E-state index contributed by atoms with van der Waals surface area (Å²) < 4.78 is 6.73. The molecule has 0 radical (unpaired) electrons. The third-order valence-electron chi connectivity index (χ3n) is 4.47. The maximum absolute atomic E-state index is 5.60. The van der Waals surface area contributed by atoms with Gasteiger partial charge in [0.2, 0.25) is 0 Å². The fourth-order valence-electron chi connectivity index (χ4n) is 3.05. The summed E-state index contributed by atoms with van der Waals surface area (Å²) in [4.78, 5) is 6.78. The predicted octanol–water partition coefficient (Wildman–Crippen LogP) is 4.12. The van der Waals surface area contributed by atoms with Crippen LogP contribution in [0.4, 0.5) is 5.69 Å². The minimum Gasteiger partial charge on any atom is -0.381 e. The number of benzene rings is 1. The van der Waals surface area contributed by atoms with Crippen LogP contribution in [0.1, 0.15) is 26.7 Å². The molecule has 0 spiro atoms. The zero-order valence-corrected chi connectivity index (χ0v) is 20.6. The Labute approximate surface area is 189 Å². The van der Waals surface area contributed by atoms with Gasteiger partial charge in [0.15, 0.2) is 5.96 Å². The van der Waals surface area contributed by atoms with Crippen LogP contribution in [0.2, 0.25) is 0 Å². The summed E-state index contributed by atoms with van der Waals surface area (Å²) in [6.07, 6.45) is 2.21. The van der Waals surface area contributed by atoms with Gasteiger partial charge in [-0.05, 0) is 48.9 Å². The molecule has 5 nitrogen and oxygen atoms in total. The number of halogens is 2. The molecule has 1 saturated heterocycles. The largest absolute Gasteiger partial charge is 0.381 e. The van der Waals surface area contributed by atoms with Gasteiger partial charge in [-0.15, -0.1) is 24.0 Å².